The van der Waals surface area contributed by atoms with Gasteiger partial charge in [-0.05, 0) is 61.7 Å². The van der Waals surface area contributed by atoms with Gasteiger partial charge in [-0.1, -0.05) is 18.2 Å². The molecule has 1 unspecified atom stereocenters. The lowest BCUT2D eigenvalue weighted by atomic mass is 9.88. The molecule has 24 heavy (non-hydrogen) atoms. The summed E-state index contributed by atoms with van der Waals surface area (Å²) in [6.07, 6.45) is 0.802. The third-order valence-electron chi connectivity index (χ3n) is 4.24. The first-order valence-corrected chi connectivity index (χ1v) is 8.27. The Balaban J connectivity index is 2.34. The van der Waals surface area contributed by atoms with E-state index in [1.165, 1.54) is 11.1 Å². The Hall–Kier alpha value is -2.20. The monoisotopic (exact) mass is 329 g/mol. The quantitative estimate of drug-likeness (QED) is 0.802. The molecule has 0 amide bonds. The van der Waals surface area contributed by atoms with Gasteiger partial charge in [0, 0.05) is 5.92 Å². The van der Waals surface area contributed by atoms with Crippen LogP contribution >= 0.6 is 0 Å². The first-order chi connectivity index (χ1) is 11.6. The molecule has 0 aliphatic carbocycles. The van der Waals surface area contributed by atoms with Crippen molar-refractivity contribution in [2.45, 2.75) is 26.2 Å². The van der Waals surface area contributed by atoms with Crippen molar-refractivity contribution in [1.82, 2.24) is 0 Å². The summed E-state index contributed by atoms with van der Waals surface area (Å²) < 4.78 is 16.6. The summed E-state index contributed by atoms with van der Waals surface area (Å²) in [6.45, 7) is 5.23. The number of hydrogen-bond donors (Lipinski definition) is 1. The number of hydrogen-bond acceptors (Lipinski definition) is 4. The van der Waals surface area contributed by atoms with Crippen LogP contribution in [0.3, 0.4) is 0 Å². The normalized spacial score (nSPS) is 11.9. The van der Waals surface area contributed by atoms with Crippen molar-refractivity contribution in [2.24, 2.45) is 5.73 Å². The van der Waals surface area contributed by atoms with Gasteiger partial charge in [0.05, 0.1) is 20.8 Å². The van der Waals surface area contributed by atoms with Crippen molar-refractivity contribution in [1.29, 1.82) is 0 Å². The number of methoxy groups -OCH3 is 2. The molecule has 2 N–H and O–H groups in total. The molecule has 0 spiro atoms. The standard InChI is InChI=1S/C20H27NO3/c1-5-24-20-15(7-6-8-19(20)23-4)12-16(13-21)18-10-9-17(22-3)11-14(18)2/h6-11,16H,5,12-13,21H2,1-4H3. The van der Waals surface area contributed by atoms with Crippen molar-refractivity contribution in [3.8, 4) is 17.2 Å². The minimum absolute atomic E-state index is 0.210. The average Bonchev–Trinajstić information content (AvgIpc) is 2.61. The lowest BCUT2D eigenvalue weighted by molar-refractivity contribution is 0.307. The van der Waals surface area contributed by atoms with Crippen molar-refractivity contribution < 1.29 is 14.2 Å². The molecule has 4 heteroatoms. The molecule has 2 rings (SSSR count). The van der Waals surface area contributed by atoms with Crippen LogP contribution < -0.4 is 19.9 Å². The molecule has 0 fully saturated rings. The molecule has 1 atom stereocenters. The highest BCUT2D eigenvalue weighted by atomic mass is 16.5. The van der Waals surface area contributed by atoms with E-state index in [4.69, 9.17) is 19.9 Å². The van der Waals surface area contributed by atoms with Crippen LogP contribution in [0.25, 0.3) is 0 Å². The summed E-state index contributed by atoms with van der Waals surface area (Å²) in [5.41, 5.74) is 9.62. The summed E-state index contributed by atoms with van der Waals surface area (Å²) >= 11 is 0. The largest absolute Gasteiger partial charge is 0.497 e. The number of nitrogens with two attached hydrogens (primary N) is 1. The van der Waals surface area contributed by atoms with Gasteiger partial charge in [-0.3, -0.25) is 0 Å². The number of rotatable bonds is 8. The molecule has 0 bridgehead atoms. The zero-order valence-corrected chi connectivity index (χ0v) is 15.0. The second-order valence-corrected chi connectivity index (χ2v) is 5.74. The van der Waals surface area contributed by atoms with E-state index < -0.39 is 0 Å². The number of para-hydroxylation sites is 1. The fourth-order valence-electron chi connectivity index (χ4n) is 3.01. The lowest BCUT2D eigenvalue weighted by Crippen LogP contribution is -2.17. The third-order valence-corrected chi connectivity index (χ3v) is 4.24. The van der Waals surface area contributed by atoms with Crippen LogP contribution in [-0.4, -0.2) is 27.4 Å². The molecular weight excluding hydrogens is 302 g/mol. The Morgan fingerprint density at radius 3 is 2.46 bits per heavy atom. The third kappa shape index (κ3) is 4.01. The summed E-state index contributed by atoms with van der Waals surface area (Å²) in [5, 5.41) is 0. The zero-order valence-electron chi connectivity index (χ0n) is 15.0. The summed E-state index contributed by atoms with van der Waals surface area (Å²) in [6, 6.07) is 12.1. The van der Waals surface area contributed by atoms with Crippen molar-refractivity contribution in [3.63, 3.8) is 0 Å². The molecule has 2 aromatic rings. The Bertz CT molecular complexity index is 670. The van der Waals surface area contributed by atoms with Crippen LogP contribution in [0.4, 0.5) is 0 Å². The van der Waals surface area contributed by atoms with Crippen LogP contribution in [0, 0.1) is 6.92 Å². The molecule has 0 saturated heterocycles. The minimum atomic E-state index is 0.210. The van der Waals surface area contributed by atoms with Gasteiger partial charge in [-0.25, -0.2) is 0 Å². The summed E-state index contributed by atoms with van der Waals surface area (Å²) in [4.78, 5) is 0. The van der Waals surface area contributed by atoms with Crippen LogP contribution in [0.5, 0.6) is 17.2 Å². The smallest absolute Gasteiger partial charge is 0.164 e. The lowest BCUT2D eigenvalue weighted by Gasteiger charge is -2.21. The van der Waals surface area contributed by atoms with Gasteiger partial charge < -0.3 is 19.9 Å². The highest BCUT2D eigenvalue weighted by Gasteiger charge is 2.18. The van der Waals surface area contributed by atoms with Gasteiger partial charge in [-0.2, -0.15) is 0 Å². The second-order valence-electron chi connectivity index (χ2n) is 5.74. The average molecular weight is 329 g/mol. The molecule has 2 aromatic carbocycles. The van der Waals surface area contributed by atoms with Gasteiger partial charge in [-0.15, -0.1) is 0 Å². The van der Waals surface area contributed by atoms with Gasteiger partial charge in [0.1, 0.15) is 5.75 Å². The van der Waals surface area contributed by atoms with Gasteiger partial charge in [0.25, 0.3) is 0 Å². The molecular formula is C20H27NO3. The van der Waals surface area contributed by atoms with E-state index in [1.54, 1.807) is 14.2 Å². The number of ether oxygens (including phenoxy) is 3. The first-order valence-electron chi connectivity index (χ1n) is 8.27. The summed E-state index contributed by atoms with van der Waals surface area (Å²) in [7, 11) is 3.34. The zero-order chi connectivity index (χ0) is 17.5. The van der Waals surface area contributed by atoms with Gasteiger partial charge in [0.15, 0.2) is 11.5 Å². The van der Waals surface area contributed by atoms with Crippen LogP contribution in [0.1, 0.15) is 29.5 Å². The Labute approximate surface area is 144 Å². The minimum Gasteiger partial charge on any atom is -0.497 e. The molecule has 0 saturated carbocycles. The number of aryl methyl sites for hydroxylation is 1. The van der Waals surface area contributed by atoms with Crippen molar-refractivity contribution in [3.05, 3.63) is 53.1 Å². The Morgan fingerprint density at radius 1 is 1.08 bits per heavy atom. The molecule has 4 nitrogen and oxygen atoms in total. The first kappa shape index (κ1) is 18.1. The molecule has 0 aromatic heterocycles. The molecule has 0 aliphatic heterocycles. The van der Waals surface area contributed by atoms with Crippen LogP contribution in [0.2, 0.25) is 0 Å². The molecule has 0 aliphatic rings. The molecule has 130 valence electrons. The van der Waals surface area contributed by atoms with Gasteiger partial charge in [0.2, 0.25) is 0 Å². The molecule has 0 radical (unpaired) electrons. The highest BCUT2D eigenvalue weighted by molar-refractivity contribution is 5.48. The Morgan fingerprint density at radius 2 is 1.88 bits per heavy atom. The van der Waals surface area contributed by atoms with Crippen molar-refractivity contribution >= 4 is 0 Å². The second kappa shape index (κ2) is 8.60. The predicted molar refractivity (Wildman–Crippen MR) is 97.4 cm³/mol. The fourth-order valence-corrected chi connectivity index (χ4v) is 3.01. The molecule has 0 heterocycles. The highest BCUT2D eigenvalue weighted by Crippen LogP contribution is 2.35. The Kier molecular flexibility index (Phi) is 6.50. The summed E-state index contributed by atoms with van der Waals surface area (Å²) in [5.74, 6) is 2.65. The van der Waals surface area contributed by atoms with E-state index in [0.717, 1.165) is 29.2 Å². The van der Waals surface area contributed by atoms with Crippen molar-refractivity contribution in [2.75, 3.05) is 27.4 Å². The maximum absolute atomic E-state index is 6.08. The SMILES string of the molecule is CCOc1c(CC(CN)c2ccc(OC)cc2C)cccc1OC. The fraction of sp³-hybridized carbons (Fsp3) is 0.400. The van der Waals surface area contributed by atoms with E-state index in [1.807, 2.05) is 31.2 Å². The van der Waals surface area contributed by atoms with E-state index in [9.17, 15) is 0 Å². The maximum atomic E-state index is 6.08. The predicted octanol–water partition coefficient (Wildman–Crippen LogP) is 3.70. The topological polar surface area (TPSA) is 53.7 Å². The van der Waals surface area contributed by atoms with Gasteiger partial charge >= 0.3 is 0 Å². The van der Waals surface area contributed by atoms with Crippen LogP contribution in [0.15, 0.2) is 36.4 Å². The number of benzene rings is 2. The van der Waals surface area contributed by atoms with E-state index in [0.29, 0.717) is 13.2 Å². The maximum Gasteiger partial charge on any atom is 0.164 e. The van der Waals surface area contributed by atoms with E-state index in [-0.39, 0.29) is 5.92 Å². The van der Waals surface area contributed by atoms with E-state index >= 15 is 0 Å². The van der Waals surface area contributed by atoms with Crippen LogP contribution in [-0.2, 0) is 6.42 Å². The van der Waals surface area contributed by atoms with E-state index in [2.05, 4.69) is 19.1 Å².